The number of thioether (sulfide) groups is 1. The Balaban J connectivity index is 1.82. The number of hydrogen-bond acceptors (Lipinski definition) is 4. The van der Waals surface area contributed by atoms with Gasteiger partial charge in [0.25, 0.3) is 0 Å². The summed E-state index contributed by atoms with van der Waals surface area (Å²) >= 11 is 1.22. The van der Waals surface area contributed by atoms with Crippen molar-refractivity contribution in [3.8, 4) is 5.69 Å². The maximum absolute atomic E-state index is 13.1. The number of aromatic amines is 1. The van der Waals surface area contributed by atoms with Gasteiger partial charge in [-0.05, 0) is 38.1 Å². The molecule has 3 rings (SSSR count). The van der Waals surface area contributed by atoms with Gasteiger partial charge in [-0.15, -0.1) is 5.10 Å². The number of ketones is 1. The highest BCUT2D eigenvalue weighted by atomic mass is 32.2. The predicted molar refractivity (Wildman–Crippen MR) is 110 cm³/mol. The van der Waals surface area contributed by atoms with Crippen molar-refractivity contribution in [2.24, 2.45) is 0 Å². The van der Waals surface area contributed by atoms with E-state index in [1.807, 2.05) is 20.8 Å². The topological polar surface area (TPSA) is 63.6 Å². The number of rotatable bonds is 5. The number of aromatic nitrogens is 4. The lowest BCUT2D eigenvalue weighted by atomic mass is 9.96. The molecule has 0 saturated heterocycles. The van der Waals surface area contributed by atoms with Crippen LogP contribution >= 0.6 is 11.8 Å². The minimum Gasteiger partial charge on any atom is -0.318 e. The van der Waals surface area contributed by atoms with E-state index in [0.717, 1.165) is 18.0 Å². The van der Waals surface area contributed by atoms with Crippen LogP contribution in [0.1, 0.15) is 53.9 Å². The highest BCUT2D eigenvalue weighted by Crippen LogP contribution is 2.32. The van der Waals surface area contributed by atoms with Gasteiger partial charge in [0, 0.05) is 28.1 Å². The van der Waals surface area contributed by atoms with Crippen molar-refractivity contribution in [3.63, 3.8) is 0 Å². The first kappa shape index (κ1) is 22.1. The summed E-state index contributed by atoms with van der Waals surface area (Å²) in [6.45, 7) is 9.53. The Labute approximate surface area is 177 Å². The molecule has 5 nitrogen and oxygen atoms in total. The smallest absolute Gasteiger partial charge is 0.318 e. The molecule has 160 valence electrons. The van der Waals surface area contributed by atoms with Gasteiger partial charge in [-0.1, -0.05) is 38.6 Å². The van der Waals surface area contributed by atoms with Crippen molar-refractivity contribution in [1.29, 1.82) is 0 Å². The van der Waals surface area contributed by atoms with Gasteiger partial charge in [-0.25, -0.2) is 4.98 Å². The van der Waals surface area contributed by atoms with E-state index in [-0.39, 0.29) is 17.0 Å². The minimum absolute atomic E-state index is 0.131. The van der Waals surface area contributed by atoms with Gasteiger partial charge >= 0.3 is 6.18 Å². The van der Waals surface area contributed by atoms with Crippen molar-refractivity contribution < 1.29 is 18.0 Å². The van der Waals surface area contributed by atoms with E-state index in [1.165, 1.54) is 17.8 Å². The van der Waals surface area contributed by atoms with Crippen molar-refractivity contribution in [3.05, 3.63) is 58.7 Å². The molecule has 2 heterocycles. The average molecular weight is 437 g/mol. The summed E-state index contributed by atoms with van der Waals surface area (Å²) in [5.41, 5.74) is 1.23. The molecule has 1 N–H and O–H groups in total. The van der Waals surface area contributed by atoms with Crippen LogP contribution in [0.2, 0.25) is 0 Å². The van der Waals surface area contributed by atoms with Crippen LogP contribution in [0, 0.1) is 13.8 Å². The summed E-state index contributed by atoms with van der Waals surface area (Å²) in [5.74, 6) is 0.738. The monoisotopic (exact) mass is 436 g/mol. The fourth-order valence-corrected chi connectivity index (χ4v) is 3.80. The van der Waals surface area contributed by atoms with Crippen molar-refractivity contribution in [2.45, 2.75) is 51.4 Å². The molecule has 30 heavy (non-hydrogen) atoms. The molecule has 0 spiro atoms. The van der Waals surface area contributed by atoms with Crippen LogP contribution in [0.4, 0.5) is 13.2 Å². The molecule has 0 atom stereocenters. The van der Waals surface area contributed by atoms with Crippen LogP contribution < -0.4 is 0 Å². The zero-order valence-corrected chi connectivity index (χ0v) is 18.2. The molecule has 3 aromatic rings. The van der Waals surface area contributed by atoms with E-state index < -0.39 is 11.7 Å². The number of benzene rings is 1. The molecule has 0 radical (unpaired) electrons. The summed E-state index contributed by atoms with van der Waals surface area (Å²) in [7, 11) is 0. The quantitative estimate of drug-likeness (QED) is 0.424. The fraction of sp³-hybridized carbons (Fsp3) is 0.381. The average Bonchev–Trinajstić information content (AvgIpc) is 3.24. The van der Waals surface area contributed by atoms with Gasteiger partial charge in [-0.2, -0.15) is 13.2 Å². The van der Waals surface area contributed by atoms with Crippen molar-refractivity contribution in [2.75, 3.05) is 5.75 Å². The number of H-pyrrole nitrogens is 1. The molecule has 0 aliphatic heterocycles. The Bertz CT molecular complexity index is 1080. The first-order valence-corrected chi connectivity index (χ1v) is 10.3. The molecule has 1 aromatic carbocycles. The number of hydrogen-bond donors (Lipinski definition) is 1. The standard InChI is InChI=1S/C21H23F3N4OS/c1-12-9-16(17(29)11-30-19-25-18(26-27-19)20(3,4)5)13(2)28(12)15-8-6-7-14(10-15)21(22,23)24/h6-10H,11H2,1-5H3,(H,25,26,27). The molecule has 0 saturated carbocycles. The zero-order valence-electron chi connectivity index (χ0n) is 17.4. The van der Waals surface area contributed by atoms with Crippen molar-refractivity contribution >= 4 is 17.5 Å². The second-order valence-corrected chi connectivity index (χ2v) is 9.04. The highest BCUT2D eigenvalue weighted by molar-refractivity contribution is 7.99. The largest absolute Gasteiger partial charge is 0.416 e. The Morgan fingerprint density at radius 2 is 1.87 bits per heavy atom. The summed E-state index contributed by atoms with van der Waals surface area (Å²) in [5, 5.41) is 7.51. The van der Waals surface area contributed by atoms with Crippen LogP contribution in [0.25, 0.3) is 5.69 Å². The molecule has 9 heteroatoms. The van der Waals surface area contributed by atoms with Crippen LogP contribution in [-0.2, 0) is 11.6 Å². The number of alkyl halides is 3. The minimum atomic E-state index is -4.43. The third-order valence-electron chi connectivity index (χ3n) is 4.67. The van der Waals surface area contributed by atoms with Crippen LogP contribution in [0.3, 0.4) is 0 Å². The maximum Gasteiger partial charge on any atom is 0.416 e. The summed E-state index contributed by atoms with van der Waals surface area (Å²) in [6.07, 6.45) is -4.43. The number of Topliss-reactive ketones (excluding diaryl/α,β-unsaturated/α-hetero) is 1. The molecule has 0 amide bonds. The van der Waals surface area contributed by atoms with Crippen LogP contribution in [0.15, 0.2) is 35.5 Å². The van der Waals surface area contributed by atoms with Gasteiger partial charge in [0.15, 0.2) is 5.78 Å². The lowest BCUT2D eigenvalue weighted by Gasteiger charge is -2.13. The number of carbonyl (C=O) groups excluding carboxylic acids is 1. The van der Waals surface area contributed by atoms with Gasteiger partial charge in [-0.3, -0.25) is 9.89 Å². The molecule has 0 fully saturated rings. The molecule has 0 bridgehead atoms. The van der Waals surface area contributed by atoms with Gasteiger partial charge in [0.1, 0.15) is 5.82 Å². The SMILES string of the molecule is Cc1cc(C(=O)CSc2n[nH]c(C(C)(C)C)n2)c(C)n1-c1cccc(C(F)(F)F)c1. The van der Waals surface area contributed by atoms with Gasteiger partial charge < -0.3 is 4.57 Å². The Morgan fingerprint density at radius 3 is 2.47 bits per heavy atom. The predicted octanol–water partition coefficient (Wildman–Crippen LogP) is 5.50. The van der Waals surface area contributed by atoms with Crippen LogP contribution in [-0.4, -0.2) is 31.3 Å². The molecule has 0 aliphatic rings. The summed E-state index contributed by atoms with van der Waals surface area (Å²) < 4.78 is 40.9. The molecule has 0 unspecified atom stereocenters. The second-order valence-electron chi connectivity index (χ2n) is 8.10. The Kier molecular flexibility index (Phi) is 5.86. The fourth-order valence-electron chi connectivity index (χ4n) is 3.12. The summed E-state index contributed by atoms with van der Waals surface area (Å²) in [4.78, 5) is 17.2. The lowest BCUT2D eigenvalue weighted by molar-refractivity contribution is -0.137. The number of halogens is 3. The van der Waals surface area contributed by atoms with Crippen LogP contribution in [0.5, 0.6) is 0 Å². The van der Waals surface area contributed by atoms with E-state index in [4.69, 9.17) is 0 Å². The van der Waals surface area contributed by atoms with E-state index in [1.54, 1.807) is 30.5 Å². The number of aryl methyl sites for hydroxylation is 1. The number of nitrogens with zero attached hydrogens (tertiary/aromatic N) is 3. The zero-order chi connectivity index (χ0) is 22.3. The first-order chi connectivity index (χ1) is 13.9. The van der Waals surface area contributed by atoms with E-state index in [9.17, 15) is 18.0 Å². The molecule has 2 aromatic heterocycles. The van der Waals surface area contributed by atoms with Crippen molar-refractivity contribution in [1.82, 2.24) is 19.7 Å². The van der Waals surface area contributed by atoms with Gasteiger partial charge in [0.05, 0.1) is 11.3 Å². The lowest BCUT2D eigenvalue weighted by Crippen LogP contribution is -2.13. The number of carbonyl (C=O) groups is 1. The number of nitrogens with one attached hydrogen (secondary N) is 1. The second kappa shape index (κ2) is 7.94. The normalized spacial score (nSPS) is 12.4. The first-order valence-electron chi connectivity index (χ1n) is 9.33. The Morgan fingerprint density at radius 1 is 1.17 bits per heavy atom. The molecule has 0 aliphatic carbocycles. The third kappa shape index (κ3) is 4.61. The molecular formula is C21H23F3N4OS. The highest BCUT2D eigenvalue weighted by Gasteiger charge is 2.31. The van der Waals surface area contributed by atoms with E-state index in [0.29, 0.717) is 27.8 Å². The maximum atomic E-state index is 13.1. The van der Waals surface area contributed by atoms with E-state index in [2.05, 4.69) is 15.2 Å². The van der Waals surface area contributed by atoms with E-state index >= 15 is 0 Å². The van der Waals surface area contributed by atoms with Gasteiger partial charge in [0.2, 0.25) is 5.16 Å². The third-order valence-corrected chi connectivity index (χ3v) is 5.52. The summed E-state index contributed by atoms with van der Waals surface area (Å²) in [6, 6.07) is 6.79. The molecular weight excluding hydrogens is 413 g/mol. The Hall–Kier alpha value is -2.55.